The van der Waals surface area contributed by atoms with Crippen molar-refractivity contribution in [3.63, 3.8) is 0 Å². The molecular weight excluding hydrogens is 226 g/mol. The van der Waals surface area contributed by atoms with Gasteiger partial charge in [0.15, 0.2) is 11.5 Å². The van der Waals surface area contributed by atoms with E-state index in [1.807, 2.05) is 6.07 Å². The molecule has 16 heavy (non-hydrogen) atoms. The van der Waals surface area contributed by atoms with E-state index >= 15 is 0 Å². The van der Waals surface area contributed by atoms with Crippen molar-refractivity contribution >= 4 is 12.4 Å². The fourth-order valence-corrected chi connectivity index (χ4v) is 1.57. The molecule has 1 rings (SSSR count). The summed E-state index contributed by atoms with van der Waals surface area (Å²) in [4.78, 5) is 0. The van der Waals surface area contributed by atoms with Gasteiger partial charge in [0.1, 0.15) is 0 Å². The number of nitrogens with two attached hydrogens (primary N) is 1. The van der Waals surface area contributed by atoms with E-state index in [1.54, 1.807) is 12.1 Å². The van der Waals surface area contributed by atoms with E-state index in [1.165, 1.54) is 7.11 Å². The number of phenolic OH excluding ortho intramolecular Hbond substituents is 1. The van der Waals surface area contributed by atoms with E-state index < -0.39 is 0 Å². The first kappa shape index (κ1) is 15.1. The molecule has 4 heteroatoms. The van der Waals surface area contributed by atoms with Crippen molar-refractivity contribution in [3.05, 3.63) is 23.8 Å². The lowest BCUT2D eigenvalue weighted by Crippen LogP contribution is -2.12. The summed E-state index contributed by atoms with van der Waals surface area (Å²) in [6.45, 7) is 4.27. The van der Waals surface area contributed by atoms with Crippen LogP contribution in [0.25, 0.3) is 0 Å². The number of rotatable bonds is 4. The average molecular weight is 246 g/mol. The van der Waals surface area contributed by atoms with Gasteiger partial charge in [0.2, 0.25) is 0 Å². The highest BCUT2D eigenvalue weighted by Crippen LogP contribution is 2.29. The minimum absolute atomic E-state index is 0. The van der Waals surface area contributed by atoms with Crippen LogP contribution in [0, 0.1) is 5.92 Å². The standard InChI is InChI=1S/C12H19NO2.ClH/c1-8(2)6-10(13)9-4-5-11(14)12(7-9)15-3;/h4-5,7-8,10,14H,6,13H2,1-3H3;1H/t10-;/m0./s1. The van der Waals surface area contributed by atoms with Gasteiger partial charge < -0.3 is 15.6 Å². The molecule has 0 saturated carbocycles. The van der Waals surface area contributed by atoms with Gasteiger partial charge in [0, 0.05) is 6.04 Å². The maximum Gasteiger partial charge on any atom is 0.160 e. The number of halogens is 1. The first-order chi connectivity index (χ1) is 7.04. The van der Waals surface area contributed by atoms with Crippen LogP contribution in [0.15, 0.2) is 18.2 Å². The van der Waals surface area contributed by atoms with Gasteiger partial charge in [-0.3, -0.25) is 0 Å². The lowest BCUT2D eigenvalue weighted by molar-refractivity contribution is 0.372. The molecule has 0 amide bonds. The molecule has 3 N–H and O–H groups in total. The second kappa shape index (κ2) is 6.61. The molecule has 0 aromatic heterocycles. The first-order valence-electron chi connectivity index (χ1n) is 5.17. The Labute approximate surface area is 103 Å². The van der Waals surface area contributed by atoms with Gasteiger partial charge in [-0.1, -0.05) is 19.9 Å². The Morgan fingerprint density at radius 2 is 2.00 bits per heavy atom. The molecule has 1 aromatic rings. The van der Waals surface area contributed by atoms with Crippen molar-refractivity contribution in [2.45, 2.75) is 26.3 Å². The third-order valence-corrected chi connectivity index (χ3v) is 2.36. The Morgan fingerprint density at radius 1 is 1.38 bits per heavy atom. The minimum Gasteiger partial charge on any atom is -0.504 e. The highest BCUT2D eigenvalue weighted by molar-refractivity contribution is 5.85. The molecule has 0 bridgehead atoms. The molecule has 1 atom stereocenters. The number of phenols is 1. The Bertz CT molecular complexity index is 329. The Balaban J connectivity index is 0.00000225. The summed E-state index contributed by atoms with van der Waals surface area (Å²) in [5.74, 6) is 1.18. The number of benzene rings is 1. The second-order valence-electron chi connectivity index (χ2n) is 4.17. The van der Waals surface area contributed by atoms with E-state index in [4.69, 9.17) is 10.5 Å². The van der Waals surface area contributed by atoms with Crippen LogP contribution in [-0.2, 0) is 0 Å². The van der Waals surface area contributed by atoms with Crippen molar-refractivity contribution in [2.75, 3.05) is 7.11 Å². The molecule has 3 nitrogen and oxygen atoms in total. The van der Waals surface area contributed by atoms with Gasteiger partial charge in [-0.2, -0.15) is 0 Å². The summed E-state index contributed by atoms with van der Waals surface area (Å²) < 4.78 is 5.04. The third kappa shape index (κ3) is 3.91. The molecular formula is C12H20ClNO2. The zero-order chi connectivity index (χ0) is 11.4. The molecule has 0 spiro atoms. The quantitative estimate of drug-likeness (QED) is 0.858. The molecule has 0 aliphatic carbocycles. The third-order valence-electron chi connectivity index (χ3n) is 2.36. The zero-order valence-electron chi connectivity index (χ0n) is 9.93. The van der Waals surface area contributed by atoms with Crippen molar-refractivity contribution < 1.29 is 9.84 Å². The van der Waals surface area contributed by atoms with Crippen molar-refractivity contribution in [2.24, 2.45) is 11.7 Å². The van der Waals surface area contributed by atoms with Gasteiger partial charge in [0.25, 0.3) is 0 Å². The normalized spacial score (nSPS) is 12.1. The molecule has 0 saturated heterocycles. The Morgan fingerprint density at radius 3 is 2.50 bits per heavy atom. The lowest BCUT2D eigenvalue weighted by Gasteiger charge is -2.15. The van der Waals surface area contributed by atoms with E-state index in [9.17, 15) is 5.11 Å². The predicted octanol–water partition coefficient (Wildman–Crippen LogP) is 2.87. The van der Waals surface area contributed by atoms with Crippen LogP contribution < -0.4 is 10.5 Å². The summed E-state index contributed by atoms with van der Waals surface area (Å²) in [5.41, 5.74) is 7.03. The second-order valence-corrected chi connectivity index (χ2v) is 4.17. The minimum atomic E-state index is -0.000463. The van der Waals surface area contributed by atoms with Gasteiger partial charge >= 0.3 is 0 Å². The van der Waals surface area contributed by atoms with Crippen LogP contribution in [0.3, 0.4) is 0 Å². The van der Waals surface area contributed by atoms with Gasteiger partial charge in [0.05, 0.1) is 7.11 Å². The summed E-state index contributed by atoms with van der Waals surface area (Å²) in [5, 5.41) is 9.43. The van der Waals surface area contributed by atoms with Crippen molar-refractivity contribution in [3.8, 4) is 11.5 Å². The van der Waals surface area contributed by atoms with Crippen LogP contribution >= 0.6 is 12.4 Å². The van der Waals surface area contributed by atoms with Crippen LogP contribution in [0.4, 0.5) is 0 Å². The number of hydrogen-bond acceptors (Lipinski definition) is 3. The van der Waals surface area contributed by atoms with Crippen LogP contribution in [0.5, 0.6) is 11.5 Å². The smallest absolute Gasteiger partial charge is 0.160 e. The van der Waals surface area contributed by atoms with Gasteiger partial charge in [-0.05, 0) is 30.0 Å². The number of hydrogen-bond donors (Lipinski definition) is 2. The Kier molecular flexibility index (Phi) is 6.22. The van der Waals surface area contributed by atoms with Crippen molar-refractivity contribution in [1.29, 1.82) is 0 Å². The van der Waals surface area contributed by atoms with E-state index in [0.29, 0.717) is 11.7 Å². The summed E-state index contributed by atoms with van der Waals surface area (Å²) in [6.07, 6.45) is 0.925. The van der Waals surface area contributed by atoms with Crippen LogP contribution in [0.2, 0.25) is 0 Å². The SMILES string of the molecule is COc1cc([C@@H](N)CC(C)C)ccc1O.Cl. The van der Waals surface area contributed by atoms with Crippen molar-refractivity contribution in [1.82, 2.24) is 0 Å². The van der Waals surface area contributed by atoms with E-state index in [2.05, 4.69) is 13.8 Å². The molecule has 0 aliphatic rings. The molecule has 0 heterocycles. The maximum absolute atomic E-state index is 9.43. The molecule has 92 valence electrons. The Hall–Kier alpha value is -0.930. The molecule has 0 fully saturated rings. The van der Waals surface area contributed by atoms with Crippen LogP contribution in [0.1, 0.15) is 31.9 Å². The van der Waals surface area contributed by atoms with Crippen LogP contribution in [-0.4, -0.2) is 12.2 Å². The number of aromatic hydroxyl groups is 1. The molecule has 0 unspecified atom stereocenters. The van der Waals surface area contributed by atoms with E-state index in [-0.39, 0.29) is 24.2 Å². The van der Waals surface area contributed by atoms with Gasteiger partial charge in [-0.25, -0.2) is 0 Å². The first-order valence-corrected chi connectivity index (χ1v) is 5.17. The monoisotopic (exact) mass is 245 g/mol. The lowest BCUT2D eigenvalue weighted by atomic mass is 9.97. The molecule has 0 radical (unpaired) electrons. The number of ether oxygens (including phenoxy) is 1. The molecule has 0 aliphatic heterocycles. The predicted molar refractivity (Wildman–Crippen MR) is 68.3 cm³/mol. The zero-order valence-corrected chi connectivity index (χ0v) is 10.8. The number of methoxy groups -OCH3 is 1. The summed E-state index contributed by atoms with van der Waals surface area (Å²) in [7, 11) is 1.53. The van der Waals surface area contributed by atoms with Gasteiger partial charge in [-0.15, -0.1) is 12.4 Å². The molecule has 1 aromatic carbocycles. The maximum atomic E-state index is 9.43. The average Bonchev–Trinajstić information content (AvgIpc) is 2.17. The largest absolute Gasteiger partial charge is 0.504 e. The highest BCUT2D eigenvalue weighted by Gasteiger charge is 2.10. The fraction of sp³-hybridized carbons (Fsp3) is 0.500. The topological polar surface area (TPSA) is 55.5 Å². The van der Waals surface area contributed by atoms with E-state index in [0.717, 1.165) is 12.0 Å². The highest BCUT2D eigenvalue weighted by atomic mass is 35.5. The fourth-order valence-electron chi connectivity index (χ4n) is 1.57. The summed E-state index contributed by atoms with van der Waals surface area (Å²) in [6, 6.07) is 5.25. The summed E-state index contributed by atoms with van der Waals surface area (Å²) >= 11 is 0.